The molecule has 0 amide bonds. The zero-order valence-corrected chi connectivity index (χ0v) is 10.7. The summed E-state index contributed by atoms with van der Waals surface area (Å²) in [5.74, 6) is 0. The molecule has 0 radical (unpaired) electrons. The zero-order chi connectivity index (χ0) is 12.3. The molecule has 2 rings (SSSR count). The fourth-order valence-corrected chi connectivity index (χ4v) is 2.19. The molecular formula is C14H22N2O. The number of aliphatic hydroxyl groups is 1. The van der Waals surface area contributed by atoms with Crippen molar-refractivity contribution >= 4 is 5.69 Å². The molecule has 94 valence electrons. The maximum Gasteiger partial charge on any atom is 0.0715 e. The molecule has 0 saturated carbocycles. The van der Waals surface area contributed by atoms with Crippen molar-refractivity contribution in [3.63, 3.8) is 0 Å². The lowest BCUT2D eigenvalue weighted by molar-refractivity contribution is 0.0771. The van der Waals surface area contributed by atoms with Crippen molar-refractivity contribution in [3.05, 3.63) is 30.3 Å². The van der Waals surface area contributed by atoms with Gasteiger partial charge in [0.15, 0.2) is 0 Å². The molecule has 0 aromatic heterocycles. The van der Waals surface area contributed by atoms with Crippen molar-refractivity contribution in [2.45, 2.75) is 31.9 Å². The van der Waals surface area contributed by atoms with Crippen LogP contribution in [0.2, 0.25) is 0 Å². The summed E-state index contributed by atoms with van der Waals surface area (Å²) in [5.41, 5.74) is 0.667. The molecule has 0 bridgehead atoms. The number of rotatable bonds is 4. The van der Waals surface area contributed by atoms with E-state index in [9.17, 15) is 5.11 Å². The number of anilines is 1. The number of hydrogen-bond donors (Lipinski definition) is 2. The number of para-hydroxylation sites is 1. The summed E-state index contributed by atoms with van der Waals surface area (Å²) in [6.45, 7) is 6.45. The first-order chi connectivity index (χ1) is 8.04. The highest BCUT2D eigenvalue weighted by atomic mass is 16.3. The molecule has 1 heterocycles. The lowest BCUT2D eigenvalue weighted by Crippen LogP contribution is -2.41. The van der Waals surface area contributed by atoms with Crippen molar-refractivity contribution in [1.82, 2.24) is 5.32 Å². The molecule has 1 aliphatic rings. The van der Waals surface area contributed by atoms with Gasteiger partial charge in [0, 0.05) is 31.4 Å². The van der Waals surface area contributed by atoms with E-state index in [4.69, 9.17) is 0 Å². The second kappa shape index (κ2) is 5.07. The summed E-state index contributed by atoms with van der Waals surface area (Å²) in [6.07, 6.45) is 1.14. The van der Waals surface area contributed by atoms with E-state index in [2.05, 4.69) is 34.5 Å². The van der Waals surface area contributed by atoms with Gasteiger partial charge in [-0.05, 0) is 32.4 Å². The molecule has 1 aromatic carbocycles. The average molecular weight is 234 g/mol. The topological polar surface area (TPSA) is 35.5 Å². The Bertz CT molecular complexity index is 345. The van der Waals surface area contributed by atoms with Gasteiger partial charge in [0.05, 0.1) is 5.60 Å². The first kappa shape index (κ1) is 12.4. The molecule has 17 heavy (non-hydrogen) atoms. The molecule has 3 nitrogen and oxygen atoms in total. The maximum absolute atomic E-state index is 9.68. The van der Waals surface area contributed by atoms with E-state index < -0.39 is 5.60 Å². The summed E-state index contributed by atoms with van der Waals surface area (Å²) >= 11 is 0. The summed E-state index contributed by atoms with van der Waals surface area (Å²) in [4.78, 5) is 2.39. The van der Waals surface area contributed by atoms with Gasteiger partial charge < -0.3 is 15.3 Å². The highest BCUT2D eigenvalue weighted by Crippen LogP contribution is 2.19. The van der Waals surface area contributed by atoms with E-state index in [1.165, 1.54) is 5.69 Å². The minimum absolute atomic E-state index is 0.488. The van der Waals surface area contributed by atoms with Crippen LogP contribution in [0, 0.1) is 0 Å². The van der Waals surface area contributed by atoms with Crippen LogP contribution in [0.3, 0.4) is 0 Å². The molecule has 0 aliphatic carbocycles. The Hall–Kier alpha value is -1.06. The van der Waals surface area contributed by atoms with E-state index in [1.807, 2.05) is 19.9 Å². The second-order valence-electron chi connectivity index (χ2n) is 5.46. The monoisotopic (exact) mass is 234 g/mol. The number of benzene rings is 1. The number of hydrogen-bond acceptors (Lipinski definition) is 3. The van der Waals surface area contributed by atoms with E-state index in [-0.39, 0.29) is 0 Å². The summed E-state index contributed by atoms with van der Waals surface area (Å²) in [6, 6.07) is 11.0. The largest absolute Gasteiger partial charge is 0.389 e. The summed E-state index contributed by atoms with van der Waals surface area (Å²) in [5, 5.41) is 13.1. The number of nitrogens with zero attached hydrogens (tertiary/aromatic N) is 1. The molecule has 1 atom stereocenters. The predicted octanol–water partition coefficient (Wildman–Crippen LogP) is 1.63. The first-order valence-electron chi connectivity index (χ1n) is 6.30. The van der Waals surface area contributed by atoms with Gasteiger partial charge in [-0.1, -0.05) is 18.2 Å². The molecule has 0 spiro atoms. The van der Waals surface area contributed by atoms with Crippen LogP contribution < -0.4 is 10.2 Å². The van der Waals surface area contributed by atoms with Gasteiger partial charge in [0.1, 0.15) is 0 Å². The van der Waals surface area contributed by atoms with Crippen LogP contribution in [0.15, 0.2) is 30.3 Å². The lowest BCUT2D eigenvalue weighted by atomic mass is 10.1. The standard InChI is InChI=1S/C14H22N2O/c1-14(2,17)11-15-12-8-9-16(10-12)13-6-4-3-5-7-13/h3-7,12,15,17H,8-11H2,1-2H3. The van der Waals surface area contributed by atoms with E-state index >= 15 is 0 Å². The third-order valence-corrected chi connectivity index (χ3v) is 3.13. The van der Waals surface area contributed by atoms with Crippen molar-refractivity contribution in [2.75, 3.05) is 24.5 Å². The SMILES string of the molecule is CC(C)(O)CNC1CCN(c2ccccc2)C1. The van der Waals surface area contributed by atoms with Gasteiger partial charge >= 0.3 is 0 Å². The van der Waals surface area contributed by atoms with Crippen LogP contribution in [0.25, 0.3) is 0 Å². The van der Waals surface area contributed by atoms with Crippen molar-refractivity contribution < 1.29 is 5.11 Å². The van der Waals surface area contributed by atoms with Crippen molar-refractivity contribution in [1.29, 1.82) is 0 Å². The van der Waals surface area contributed by atoms with Crippen molar-refractivity contribution in [2.24, 2.45) is 0 Å². The molecule has 1 fully saturated rings. The Balaban J connectivity index is 1.84. The average Bonchev–Trinajstić information content (AvgIpc) is 2.75. The molecule has 3 heteroatoms. The Kier molecular flexibility index (Phi) is 3.69. The maximum atomic E-state index is 9.68. The zero-order valence-electron chi connectivity index (χ0n) is 10.7. The highest BCUT2D eigenvalue weighted by Gasteiger charge is 2.24. The third kappa shape index (κ3) is 3.72. The molecule has 1 aliphatic heterocycles. The summed E-state index contributed by atoms with van der Waals surface area (Å²) < 4.78 is 0. The number of nitrogens with one attached hydrogen (secondary N) is 1. The van der Waals surface area contributed by atoms with Gasteiger partial charge in [0.25, 0.3) is 0 Å². The Labute approximate surface area is 103 Å². The first-order valence-corrected chi connectivity index (χ1v) is 6.30. The Morgan fingerprint density at radius 1 is 1.35 bits per heavy atom. The lowest BCUT2D eigenvalue weighted by Gasteiger charge is -2.22. The van der Waals surface area contributed by atoms with Gasteiger partial charge in [0.2, 0.25) is 0 Å². The summed E-state index contributed by atoms with van der Waals surface area (Å²) in [7, 11) is 0. The van der Waals surface area contributed by atoms with Crippen molar-refractivity contribution in [3.8, 4) is 0 Å². The fraction of sp³-hybridized carbons (Fsp3) is 0.571. The van der Waals surface area contributed by atoms with Crippen LogP contribution in [-0.4, -0.2) is 36.4 Å². The minimum atomic E-state index is -0.625. The minimum Gasteiger partial charge on any atom is -0.389 e. The van der Waals surface area contributed by atoms with Crippen LogP contribution >= 0.6 is 0 Å². The molecule has 2 N–H and O–H groups in total. The van der Waals surface area contributed by atoms with Gasteiger partial charge in [-0.3, -0.25) is 0 Å². The van der Waals surface area contributed by atoms with E-state index in [0.29, 0.717) is 12.6 Å². The van der Waals surface area contributed by atoms with E-state index in [1.54, 1.807) is 0 Å². The fourth-order valence-electron chi connectivity index (χ4n) is 2.19. The normalized spacial score (nSPS) is 20.9. The van der Waals surface area contributed by atoms with Gasteiger partial charge in [-0.15, -0.1) is 0 Å². The van der Waals surface area contributed by atoms with Gasteiger partial charge in [-0.2, -0.15) is 0 Å². The highest BCUT2D eigenvalue weighted by molar-refractivity contribution is 5.47. The Morgan fingerprint density at radius 3 is 2.71 bits per heavy atom. The Morgan fingerprint density at radius 2 is 2.06 bits per heavy atom. The van der Waals surface area contributed by atoms with E-state index in [0.717, 1.165) is 19.5 Å². The molecule has 1 unspecified atom stereocenters. The molecule has 1 aromatic rings. The van der Waals surface area contributed by atoms with Crippen LogP contribution in [0.1, 0.15) is 20.3 Å². The van der Waals surface area contributed by atoms with Crippen LogP contribution in [-0.2, 0) is 0 Å². The van der Waals surface area contributed by atoms with Crippen LogP contribution in [0.4, 0.5) is 5.69 Å². The smallest absolute Gasteiger partial charge is 0.0715 e. The van der Waals surface area contributed by atoms with Gasteiger partial charge in [-0.25, -0.2) is 0 Å². The third-order valence-electron chi connectivity index (χ3n) is 3.13. The molecular weight excluding hydrogens is 212 g/mol. The molecule has 1 saturated heterocycles. The second-order valence-corrected chi connectivity index (χ2v) is 5.46. The predicted molar refractivity (Wildman–Crippen MR) is 71.4 cm³/mol. The quantitative estimate of drug-likeness (QED) is 0.831. The van der Waals surface area contributed by atoms with Crippen LogP contribution in [0.5, 0.6) is 0 Å².